The van der Waals surface area contributed by atoms with Crippen LogP contribution in [-0.2, 0) is 6.42 Å². The Morgan fingerprint density at radius 3 is 1.31 bits per heavy atom. The van der Waals surface area contributed by atoms with Gasteiger partial charge in [0.25, 0.3) is 0 Å². The van der Waals surface area contributed by atoms with E-state index in [1.165, 1.54) is 241 Å². The van der Waals surface area contributed by atoms with Gasteiger partial charge in [0, 0.05) is 59.3 Å². The van der Waals surface area contributed by atoms with Gasteiger partial charge in [-0.15, -0.1) is 23.1 Å². The second-order valence-electron chi connectivity index (χ2n) is 20.9. The van der Waals surface area contributed by atoms with E-state index in [2.05, 4.69) is 131 Å². The van der Waals surface area contributed by atoms with E-state index in [0.717, 1.165) is 48.1 Å². The molecule has 0 bridgehead atoms. The Balaban J connectivity index is -0.000000666. The standard InChI is InChI=1S/C36H52O.C32H47NOS2.6CH4.B.Sm/c1-3-5-7-9-11-12-13-14-16-18-28-37-36-27-26-34-29-33(24-25-35(34)30-36)32-22-20-31(21-23-32)19-17-15-10-8-6-4-2;1-3-5-7-9-10-11-12-13-15-17-25-35-29-22-23-30-31(26-29)36-32(33-30)27-18-20-28(21-19-27)34-24-16-14-8-6-4-2;;;;;;;;/h20-27,29-30H,3-19,28H2,1-2H3;18-23,26H,3-17,24-25H2,1-2H3;6*1H4;;. The van der Waals surface area contributed by atoms with Gasteiger partial charge >= 0.3 is 0 Å². The van der Waals surface area contributed by atoms with Crippen molar-refractivity contribution in [2.24, 2.45) is 0 Å². The summed E-state index contributed by atoms with van der Waals surface area (Å²) < 4.78 is 13.3. The van der Waals surface area contributed by atoms with Crippen LogP contribution in [0.25, 0.3) is 42.7 Å². The number of aromatic nitrogens is 1. The number of aryl methyl sites for hydroxylation is 1. The van der Waals surface area contributed by atoms with Crippen LogP contribution in [-0.4, -0.2) is 32.4 Å². The molecule has 81 heavy (non-hydrogen) atoms. The maximum Gasteiger partial charge on any atom is 0.124 e. The third-order valence-electron chi connectivity index (χ3n) is 14.4. The van der Waals surface area contributed by atoms with E-state index >= 15 is 0 Å². The van der Waals surface area contributed by atoms with Crippen LogP contribution in [0.1, 0.15) is 277 Å². The molecule has 7 heteroatoms. The zero-order valence-corrected chi connectivity index (χ0v) is 51.9. The van der Waals surface area contributed by atoms with Gasteiger partial charge in [-0.3, -0.25) is 0 Å². The van der Waals surface area contributed by atoms with Gasteiger partial charge in [0.15, 0.2) is 0 Å². The number of hydrogen-bond donors (Lipinski definition) is 0. The second-order valence-corrected chi connectivity index (χ2v) is 23.1. The smallest absolute Gasteiger partial charge is 0.124 e. The molecule has 5 aromatic carbocycles. The van der Waals surface area contributed by atoms with Crippen LogP contribution < -0.4 is 9.47 Å². The Kier molecular flexibility index (Phi) is 58.2. The quantitative estimate of drug-likeness (QED) is 0.0218. The van der Waals surface area contributed by atoms with Crippen LogP contribution >= 0.6 is 23.1 Å². The van der Waals surface area contributed by atoms with Gasteiger partial charge < -0.3 is 9.47 Å². The molecule has 0 aliphatic carbocycles. The van der Waals surface area contributed by atoms with Crippen LogP contribution in [0.5, 0.6) is 11.5 Å². The fourth-order valence-electron chi connectivity index (χ4n) is 9.73. The minimum Gasteiger partial charge on any atom is -0.494 e. The predicted octanol–water partition coefficient (Wildman–Crippen LogP) is 26.5. The first kappa shape index (κ1) is 85.1. The minimum absolute atomic E-state index is 0. The average molecular weight is 1280 g/mol. The summed E-state index contributed by atoms with van der Waals surface area (Å²) in [7, 11) is 0. The largest absolute Gasteiger partial charge is 0.494 e. The Bertz CT molecular complexity index is 2300. The molecule has 457 valence electrons. The van der Waals surface area contributed by atoms with Gasteiger partial charge in [-0.25, -0.2) is 4.98 Å². The molecule has 1 aromatic heterocycles. The number of unbranched alkanes of at least 4 members (excludes halogenated alkanes) is 27. The van der Waals surface area contributed by atoms with Crippen molar-refractivity contribution in [1.29, 1.82) is 0 Å². The monoisotopic (exact) mass is 1280 g/mol. The van der Waals surface area contributed by atoms with E-state index in [-0.39, 0.29) is 93.4 Å². The third kappa shape index (κ3) is 36.3. The molecule has 0 spiro atoms. The van der Waals surface area contributed by atoms with E-state index < -0.39 is 0 Å². The Morgan fingerprint density at radius 2 is 0.790 bits per heavy atom. The molecule has 0 saturated heterocycles. The number of rotatable bonds is 40. The number of benzene rings is 5. The zero-order valence-electron chi connectivity index (χ0n) is 47.6. The first-order chi connectivity index (χ1) is 36.1. The summed E-state index contributed by atoms with van der Waals surface area (Å²) in [5.41, 5.74) is 6.33. The summed E-state index contributed by atoms with van der Waals surface area (Å²) in [6, 6.07) is 37.7. The van der Waals surface area contributed by atoms with Gasteiger partial charge in [0.05, 0.1) is 23.4 Å². The minimum atomic E-state index is 0. The predicted molar refractivity (Wildman–Crippen MR) is 372 cm³/mol. The summed E-state index contributed by atoms with van der Waals surface area (Å²) in [6.45, 7) is 10.7. The van der Waals surface area contributed by atoms with Gasteiger partial charge in [-0.1, -0.05) is 288 Å². The molecule has 6 aromatic rings. The number of ether oxygens (including phenoxy) is 2. The summed E-state index contributed by atoms with van der Waals surface area (Å²) >= 11 is 3.79. The summed E-state index contributed by atoms with van der Waals surface area (Å²) in [5.74, 6) is 3.17. The summed E-state index contributed by atoms with van der Waals surface area (Å²) in [5, 5.41) is 3.62. The molecule has 0 saturated carbocycles. The number of fused-ring (bicyclic) bond motifs is 2. The van der Waals surface area contributed by atoms with E-state index in [1.807, 2.05) is 11.8 Å². The molecule has 0 unspecified atom stereocenters. The van der Waals surface area contributed by atoms with Crippen molar-refractivity contribution in [3.63, 3.8) is 0 Å². The van der Waals surface area contributed by atoms with Gasteiger partial charge in [0.2, 0.25) is 0 Å². The van der Waals surface area contributed by atoms with Crippen molar-refractivity contribution in [2.45, 2.75) is 283 Å². The van der Waals surface area contributed by atoms with Gasteiger partial charge in [-0.05, 0) is 126 Å². The summed E-state index contributed by atoms with van der Waals surface area (Å²) in [4.78, 5) is 6.26. The number of thioether (sulfide) groups is 1. The van der Waals surface area contributed by atoms with E-state index in [1.54, 1.807) is 11.3 Å². The molecule has 0 aliphatic heterocycles. The molecule has 0 atom stereocenters. The van der Waals surface area contributed by atoms with Crippen LogP contribution in [0.2, 0.25) is 0 Å². The van der Waals surface area contributed by atoms with E-state index in [4.69, 9.17) is 14.5 Å². The maximum atomic E-state index is 6.07. The molecular weight excluding hydrogens is 1160 g/mol. The van der Waals surface area contributed by atoms with Crippen molar-refractivity contribution in [1.82, 2.24) is 4.98 Å². The Morgan fingerprint density at radius 1 is 0.383 bits per heavy atom. The SMILES string of the molecule is C.C.C.C.C.C.CCCCCCCCCCCCOc1ccc2cc(-c3ccc(CCCCCCCC)cc3)ccc2c1.CCCCCCCCCCCCSc1ccc2nc(-c3ccc(OCCCCCCC)cc3)sc2c1.[B].[Sm]. The average Bonchev–Trinajstić information content (AvgIpc) is 3.86. The van der Waals surface area contributed by atoms with Crippen LogP contribution in [0.4, 0.5) is 0 Å². The molecule has 6 rings (SSSR count). The van der Waals surface area contributed by atoms with Crippen LogP contribution in [0, 0.1) is 40.4 Å². The first-order valence-electron chi connectivity index (χ1n) is 30.1. The second kappa shape index (κ2) is 55.5. The van der Waals surface area contributed by atoms with Crippen molar-refractivity contribution >= 4 is 52.5 Å². The fraction of sp³-hybridized carbons (Fsp3) is 0.608. The summed E-state index contributed by atoms with van der Waals surface area (Å²) in [6.07, 6.45) is 43.2. The van der Waals surface area contributed by atoms with Crippen molar-refractivity contribution in [2.75, 3.05) is 19.0 Å². The molecule has 0 aliphatic rings. The maximum absolute atomic E-state index is 6.07. The number of nitrogens with zero attached hydrogens (tertiary/aromatic N) is 1. The van der Waals surface area contributed by atoms with Crippen LogP contribution in [0.15, 0.2) is 108 Å². The molecule has 0 fully saturated rings. The first-order valence-corrected chi connectivity index (χ1v) is 31.9. The topological polar surface area (TPSA) is 31.4 Å². The molecule has 1 heterocycles. The molecule has 3 radical (unpaired) electrons. The third-order valence-corrected chi connectivity index (χ3v) is 16.6. The zero-order chi connectivity index (χ0) is 51.2. The number of thiazole rings is 1. The Labute approximate surface area is 546 Å². The number of hydrogen-bond acceptors (Lipinski definition) is 5. The van der Waals surface area contributed by atoms with Crippen molar-refractivity contribution in [3.05, 3.63) is 109 Å². The van der Waals surface area contributed by atoms with Gasteiger partial charge in [0.1, 0.15) is 16.5 Å². The molecule has 0 amide bonds. The fourth-order valence-corrected chi connectivity index (χ4v) is 11.8. The van der Waals surface area contributed by atoms with Crippen molar-refractivity contribution in [3.8, 4) is 33.2 Å². The van der Waals surface area contributed by atoms with E-state index in [0.29, 0.717) is 0 Å². The van der Waals surface area contributed by atoms with E-state index in [9.17, 15) is 0 Å². The normalized spacial score (nSPS) is 10.2. The molecular formula is C74H123BNO2S2Sm. The molecule has 3 nitrogen and oxygen atoms in total. The van der Waals surface area contributed by atoms with Crippen molar-refractivity contribution < 1.29 is 49.9 Å². The van der Waals surface area contributed by atoms with Crippen LogP contribution in [0.3, 0.4) is 0 Å². The Hall–Kier alpha value is -2.40. The molecule has 0 N–H and O–H groups in total. The van der Waals surface area contributed by atoms with Gasteiger partial charge in [-0.2, -0.15) is 0 Å².